The number of hydrogen-bond acceptors (Lipinski definition) is 4. The minimum Gasteiger partial charge on any atom is -0.493 e. The third kappa shape index (κ3) is 2.51. The van der Waals surface area contributed by atoms with Gasteiger partial charge in [-0.3, -0.25) is 4.79 Å². The lowest BCUT2D eigenvalue weighted by Gasteiger charge is -2.17. The van der Waals surface area contributed by atoms with Crippen LogP contribution in [0.15, 0.2) is 12.1 Å². The van der Waals surface area contributed by atoms with Crippen LogP contribution in [0, 0.1) is 18.8 Å². The van der Waals surface area contributed by atoms with Gasteiger partial charge in [0.25, 0.3) is 0 Å². The summed E-state index contributed by atoms with van der Waals surface area (Å²) >= 11 is 0. The predicted octanol–water partition coefficient (Wildman–Crippen LogP) is 1.73. The van der Waals surface area contributed by atoms with Crippen LogP contribution in [0.5, 0.6) is 11.5 Å². The molecule has 1 aliphatic rings. The third-order valence-electron chi connectivity index (χ3n) is 3.75. The Morgan fingerprint density at radius 2 is 1.95 bits per heavy atom. The summed E-state index contributed by atoms with van der Waals surface area (Å²) in [5, 5.41) is 8.97. The van der Waals surface area contributed by atoms with E-state index in [-0.39, 0.29) is 17.9 Å². The molecule has 2 rings (SSSR count). The molecular formula is C14H19NO4. The first-order chi connectivity index (χ1) is 8.99. The van der Waals surface area contributed by atoms with Gasteiger partial charge in [0.05, 0.1) is 20.1 Å². The van der Waals surface area contributed by atoms with Gasteiger partial charge in [0.2, 0.25) is 0 Å². The van der Waals surface area contributed by atoms with Crippen molar-refractivity contribution in [1.82, 2.24) is 0 Å². The molecule has 1 saturated carbocycles. The molecule has 0 saturated heterocycles. The lowest BCUT2D eigenvalue weighted by Crippen LogP contribution is -2.17. The summed E-state index contributed by atoms with van der Waals surface area (Å²) in [7, 11) is 3.15. The van der Waals surface area contributed by atoms with Crippen molar-refractivity contribution in [2.24, 2.45) is 17.6 Å². The van der Waals surface area contributed by atoms with Gasteiger partial charge in [0, 0.05) is 6.04 Å². The molecule has 5 nitrogen and oxygen atoms in total. The molecule has 0 heterocycles. The zero-order chi connectivity index (χ0) is 14.2. The van der Waals surface area contributed by atoms with E-state index in [1.807, 2.05) is 19.1 Å². The van der Waals surface area contributed by atoms with Crippen molar-refractivity contribution in [2.75, 3.05) is 14.2 Å². The molecule has 0 amide bonds. The topological polar surface area (TPSA) is 81.8 Å². The van der Waals surface area contributed by atoms with E-state index >= 15 is 0 Å². The summed E-state index contributed by atoms with van der Waals surface area (Å²) < 4.78 is 10.5. The van der Waals surface area contributed by atoms with E-state index in [0.717, 1.165) is 11.1 Å². The molecule has 3 unspecified atom stereocenters. The number of methoxy groups -OCH3 is 2. The molecule has 1 fully saturated rings. The highest BCUT2D eigenvalue weighted by molar-refractivity contribution is 5.73. The first-order valence-corrected chi connectivity index (χ1v) is 6.20. The average molecular weight is 265 g/mol. The summed E-state index contributed by atoms with van der Waals surface area (Å²) in [5.41, 5.74) is 8.09. The highest BCUT2D eigenvalue weighted by Gasteiger charge is 2.47. The predicted molar refractivity (Wildman–Crippen MR) is 70.4 cm³/mol. The lowest BCUT2D eigenvalue weighted by molar-refractivity contribution is -0.138. The second-order valence-electron chi connectivity index (χ2n) is 4.93. The van der Waals surface area contributed by atoms with E-state index in [9.17, 15) is 4.79 Å². The Morgan fingerprint density at radius 3 is 2.42 bits per heavy atom. The highest BCUT2D eigenvalue weighted by atomic mass is 16.5. The normalized spacial score (nSPS) is 22.7. The summed E-state index contributed by atoms with van der Waals surface area (Å²) in [5.74, 6) is 0.197. The van der Waals surface area contributed by atoms with Crippen LogP contribution in [0.1, 0.15) is 23.6 Å². The maximum atomic E-state index is 10.9. The van der Waals surface area contributed by atoms with Gasteiger partial charge in [-0.15, -0.1) is 0 Å². The van der Waals surface area contributed by atoms with Crippen LogP contribution in [0.25, 0.3) is 0 Å². The molecule has 0 aromatic heterocycles. The van der Waals surface area contributed by atoms with Crippen LogP contribution < -0.4 is 15.2 Å². The van der Waals surface area contributed by atoms with E-state index in [4.69, 9.17) is 20.3 Å². The molecule has 3 atom stereocenters. The van der Waals surface area contributed by atoms with Crippen LogP contribution in [-0.2, 0) is 4.79 Å². The Balaban J connectivity index is 2.27. The molecule has 5 heteroatoms. The van der Waals surface area contributed by atoms with Crippen molar-refractivity contribution in [1.29, 1.82) is 0 Å². The monoisotopic (exact) mass is 265 g/mol. The molecule has 19 heavy (non-hydrogen) atoms. The summed E-state index contributed by atoms with van der Waals surface area (Å²) in [6.45, 7) is 1.94. The quantitative estimate of drug-likeness (QED) is 0.847. The molecule has 0 bridgehead atoms. The van der Waals surface area contributed by atoms with Gasteiger partial charge in [-0.2, -0.15) is 0 Å². The van der Waals surface area contributed by atoms with Gasteiger partial charge >= 0.3 is 5.97 Å². The van der Waals surface area contributed by atoms with Crippen molar-refractivity contribution in [3.05, 3.63) is 23.3 Å². The molecule has 0 spiro atoms. The van der Waals surface area contributed by atoms with Crippen LogP contribution in [-0.4, -0.2) is 25.3 Å². The number of hydrogen-bond donors (Lipinski definition) is 2. The standard InChI is InChI=1S/C14H19NO4/c1-7-4-11(18-2)12(19-3)6-8(7)13(15)9-5-10(9)14(16)17/h4,6,9-10,13H,5,15H2,1-3H3,(H,16,17). The average Bonchev–Trinajstić information content (AvgIpc) is 3.17. The second-order valence-corrected chi connectivity index (χ2v) is 4.93. The zero-order valence-electron chi connectivity index (χ0n) is 11.3. The first kappa shape index (κ1) is 13.7. The molecule has 1 aromatic carbocycles. The van der Waals surface area contributed by atoms with Crippen LogP contribution in [0.2, 0.25) is 0 Å². The summed E-state index contributed by atoms with van der Waals surface area (Å²) in [6, 6.07) is 3.43. The highest BCUT2D eigenvalue weighted by Crippen LogP contribution is 2.48. The van der Waals surface area contributed by atoms with E-state index in [2.05, 4.69) is 0 Å². The van der Waals surface area contributed by atoms with Gasteiger partial charge in [-0.05, 0) is 42.5 Å². The maximum absolute atomic E-state index is 10.9. The first-order valence-electron chi connectivity index (χ1n) is 6.20. The van der Waals surface area contributed by atoms with Crippen LogP contribution in [0.3, 0.4) is 0 Å². The van der Waals surface area contributed by atoms with Gasteiger partial charge in [0.1, 0.15) is 0 Å². The summed E-state index contributed by atoms with van der Waals surface area (Å²) in [4.78, 5) is 10.9. The molecule has 0 aliphatic heterocycles. The number of carboxylic acids is 1. The molecule has 104 valence electrons. The van der Waals surface area contributed by atoms with Crippen molar-refractivity contribution in [3.63, 3.8) is 0 Å². The Morgan fingerprint density at radius 1 is 1.37 bits per heavy atom. The van der Waals surface area contributed by atoms with E-state index in [1.54, 1.807) is 14.2 Å². The number of aryl methyl sites for hydroxylation is 1. The number of benzene rings is 1. The number of carboxylic acid groups (broad SMARTS) is 1. The summed E-state index contributed by atoms with van der Waals surface area (Å²) in [6.07, 6.45) is 0.643. The zero-order valence-corrected chi connectivity index (χ0v) is 11.3. The Hall–Kier alpha value is -1.75. The Kier molecular flexibility index (Phi) is 3.66. The maximum Gasteiger partial charge on any atom is 0.306 e. The molecule has 1 aromatic rings. The van der Waals surface area contributed by atoms with E-state index in [0.29, 0.717) is 17.9 Å². The van der Waals surface area contributed by atoms with Crippen LogP contribution >= 0.6 is 0 Å². The minimum absolute atomic E-state index is 0.00861. The van der Waals surface area contributed by atoms with E-state index < -0.39 is 5.97 Å². The fraction of sp³-hybridized carbons (Fsp3) is 0.500. The van der Waals surface area contributed by atoms with Crippen molar-refractivity contribution < 1.29 is 19.4 Å². The van der Waals surface area contributed by atoms with Crippen LogP contribution in [0.4, 0.5) is 0 Å². The number of nitrogens with two attached hydrogens (primary N) is 1. The van der Waals surface area contributed by atoms with Crippen molar-refractivity contribution in [2.45, 2.75) is 19.4 Å². The fourth-order valence-electron chi connectivity index (χ4n) is 2.48. The van der Waals surface area contributed by atoms with Gasteiger partial charge in [-0.1, -0.05) is 0 Å². The van der Waals surface area contributed by atoms with Gasteiger partial charge < -0.3 is 20.3 Å². The largest absolute Gasteiger partial charge is 0.493 e. The van der Waals surface area contributed by atoms with Gasteiger partial charge in [-0.25, -0.2) is 0 Å². The number of rotatable bonds is 5. The van der Waals surface area contributed by atoms with Crippen molar-refractivity contribution in [3.8, 4) is 11.5 Å². The van der Waals surface area contributed by atoms with E-state index in [1.165, 1.54) is 0 Å². The minimum atomic E-state index is -0.765. The van der Waals surface area contributed by atoms with Gasteiger partial charge in [0.15, 0.2) is 11.5 Å². The fourth-order valence-corrected chi connectivity index (χ4v) is 2.48. The van der Waals surface area contributed by atoms with Crippen molar-refractivity contribution >= 4 is 5.97 Å². The molecule has 0 radical (unpaired) electrons. The molecular weight excluding hydrogens is 246 g/mol. The third-order valence-corrected chi connectivity index (χ3v) is 3.75. The SMILES string of the molecule is COc1cc(C)c(C(N)C2CC2C(=O)O)cc1OC. The number of carbonyl (C=O) groups is 1. The Labute approximate surface area is 112 Å². The second kappa shape index (κ2) is 5.09. The smallest absolute Gasteiger partial charge is 0.306 e. The number of ether oxygens (including phenoxy) is 2. The molecule has 1 aliphatic carbocycles. The Bertz CT molecular complexity index is 500. The number of aliphatic carboxylic acids is 1. The lowest BCUT2D eigenvalue weighted by atomic mass is 9.96. The molecule has 3 N–H and O–H groups in total.